The molecule has 0 aliphatic carbocycles. The van der Waals surface area contributed by atoms with Gasteiger partial charge in [-0.3, -0.25) is 4.79 Å². The second-order valence-electron chi connectivity index (χ2n) is 5.49. The highest BCUT2D eigenvalue weighted by molar-refractivity contribution is 6.03. The maximum absolute atomic E-state index is 12.3. The number of carbonyl (C=O) groups is 1. The predicted molar refractivity (Wildman–Crippen MR) is 84.6 cm³/mol. The summed E-state index contributed by atoms with van der Waals surface area (Å²) in [6.07, 6.45) is 5.79. The Morgan fingerprint density at radius 3 is 2.83 bits per heavy atom. The molecule has 3 aromatic rings. The Morgan fingerprint density at radius 2 is 2.04 bits per heavy atom. The molecule has 0 fully saturated rings. The van der Waals surface area contributed by atoms with Gasteiger partial charge in [-0.15, -0.1) is 0 Å². The molecule has 0 saturated carbocycles. The van der Waals surface area contributed by atoms with Crippen LogP contribution in [-0.4, -0.2) is 27.0 Å². The lowest BCUT2D eigenvalue weighted by molar-refractivity contribution is 0.0951. The van der Waals surface area contributed by atoms with Crippen LogP contribution in [0.4, 0.5) is 0 Å². The molecule has 23 heavy (non-hydrogen) atoms. The maximum Gasteiger partial charge on any atom is 0.267 e. The van der Waals surface area contributed by atoms with Crippen molar-refractivity contribution in [2.24, 2.45) is 0 Å². The Morgan fingerprint density at radius 1 is 1.22 bits per heavy atom. The van der Waals surface area contributed by atoms with Gasteiger partial charge < -0.3 is 9.88 Å². The van der Waals surface area contributed by atoms with Crippen molar-refractivity contribution >= 4 is 16.8 Å². The van der Waals surface area contributed by atoms with Gasteiger partial charge in [0.1, 0.15) is 12.0 Å². The summed E-state index contributed by atoms with van der Waals surface area (Å²) in [6, 6.07) is 7.68. The molecule has 0 bridgehead atoms. The molecule has 1 aromatic carbocycles. The fraction of sp³-hybridized carbons (Fsp3) is 0.176. The number of hydrogen-bond acceptors (Lipinski definition) is 4. The molecule has 2 aromatic heterocycles. The van der Waals surface area contributed by atoms with Crippen molar-refractivity contribution in [1.82, 2.24) is 19.9 Å². The van der Waals surface area contributed by atoms with Crippen LogP contribution in [0.15, 0.2) is 36.9 Å². The van der Waals surface area contributed by atoms with Gasteiger partial charge in [-0.1, -0.05) is 0 Å². The van der Waals surface area contributed by atoms with E-state index in [1.165, 1.54) is 6.33 Å². The van der Waals surface area contributed by atoms with E-state index >= 15 is 0 Å². The van der Waals surface area contributed by atoms with Crippen LogP contribution in [0.3, 0.4) is 0 Å². The average molecular weight is 303 g/mol. The first kappa shape index (κ1) is 13.5. The van der Waals surface area contributed by atoms with E-state index in [9.17, 15) is 10.1 Å². The van der Waals surface area contributed by atoms with E-state index in [-0.39, 0.29) is 5.91 Å². The molecule has 1 amide bonds. The van der Waals surface area contributed by atoms with E-state index in [0.29, 0.717) is 17.8 Å². The van der Waals surface area contributed by atoms with E-state index < -0.39 is 0 Å². The Hall–Kier alpha value is -3.20. The normalized spacial score (nSPS) is 14.0. The highest BCUT2D eigenvalue weighted by Crippen LogP contribution is 2.32. The lowest BCUT2D eigenvalue weighted by Gasteiger charge is -2.10. The highest BCUT2D eigenvalue weighted by Gasteiger charge is 2.21. The van der Waals surface area contributed by atoms with Crippen molar-refractivity contribution in [3.05, 3.63) is 48.2 Å². The number of nitriles is 1. The molecule has 6 nitrogen and oxygen atoms in total. The van der Waals surface area contributed by atoms with Gasteiger partial charge in [-0.25, -0.2) is 9.97 Å². The van der Waals surface area contributed by atoms with E-state index in [2.05, 4.69) is 21.4 Å². The minimum absolute atomic E-state index is 0.0764. The summed E-state index contributed by atoms with van der Waals surface area (Å²) < 4.78 is 2.03. The van der Waals surface area contributed by atoms with Crippen LogP contribution in [0.5, 0.6) is 0 Å². The zero-order valence-electron chi connectivity index (χ0n) is 12.3. The molecule has 1 aliphatic rings. The quantitative estimate of drug-likeness (QED) is 0.746. The van der Waals surface area contributed by atoms with Crippen molar-refractivity contribution in [3.8, 4) is 17.2 Å². The van der Waals surface area contributed by atoms with Crippen LogP contribution in [0, 0.1) is 11.3 Å². The number of fused-ring (bicyclic) bond motifs is 3. The number of nitrogens with one attached hydrogen (secondary N) is 1. The van der Waals surface area contributed by atoms with Gasteiger partial charge >= 0.3 is 0 Å². The van der Waals surface area contributed by atoms with E-state index in [1.807, 2.05) is 22.8 Å². The molecule has 3 heterocycles. The zero-order chi connectivity index (χ0) is 15.8. The first-order chi connectivity index (χ1) is 11.3. The van der Waals surface area contributed by atoms with Crippen molar-refractivity contribution < 1.29 is 4.79 Å². The lowest BCUT2D eigenvalue weighted by Crippen LogP contribution is -2.22. The molecule has 0 radical (unpaired) electrons. The number of carbonyl (C=O) groups excluding carboxylic acids is 1. The summed E-state index contributed by atoms with van der Waals surface area (Å²) in [7, 11) is 0. The molecule has 0 spiro atoms. The van der Waals surface area contributed by atoms with Gasteiger partial charge in [0.15, 0.2) is 0 Å². The molecule has 0 atom stereocenters. The van der Waals surface area contributed by atoms with Gasteiger partial charge in [-0.05, 0) is 24.6 Å². The number of benzene rings is 1. The highest BCUT2D eigenvalue weighted by atomic mass is 16.1. The monoisotopic (exact) mass is 303 g/mol. The smallest absolute Gasteiger partial charge is 0.267 e. The first-order valence-corrected chi connectivity index (χ1v) is 7.39. The fourth-order valence-electron chi connectivity index (χ4n) is 3.09. The molecular formula is C17H13N5O. The van der Waals surface area contributed by atoms with Crippen LogP contribution in [-0.2, 0) is 6.54 Å². The predicted octanol–water partition coefficient (Wildman–Crippen LogP) is 2.10. The summed E-state index contributed by atoms with van der Waals surface area (Å²) >= 11 is 0. The summed E-state index contributed by atoms with van der Waals surface area (Å²) in [6.45, 7) is 1.42. The second-order valence-corrected chi connectivity index (χ2v) is 5.49. The minimum Gasteiger partial charge on any atom is -0.351 e. The van der Waals surface area contributed by atoms with Crippen molar-refractivity contribution in [1.29, 1.82) is 5.26 Å². The largest absolute Gasteiger partial charge is 0.351 e. The summed E-state index contributed by atoms with van der Waals surface area (Å²) in [5.41, 5.74) is 3.84. The number of amides is 1. The van der Waals surface area contributed by atoms with Crippen LogP contribution in [0.1, 0.15) is 22.5 Å². The Bertz CT molecular complexity index is 953. The minimum atomic E-state index is -0.0764. The van der Waals surface area contributed by atoms with E-state index in [0.717, 1.165) is 35.0 Å². The number of aryl methyl sites for hydroxylation is 1. The van der Waals surface area contributed by atoms with E-state index in [1.54, 1.807) is 12.4 Å². The van der Waals surface area contributed by atoms with Crippen molar-refractivity contribution in [3.63, 3.8) is 0 Å². The number of aromatic nitrogens is 3. The van der Waals surface area contributed by atoms with Crippen LogP contribution < -0.4 is 5.32 Å². The Kier molecular flexibility index (Phi) is 3.05. The molecule has 1 aliphatic heterocycles. The first-order valence-electron chi connectivity index (χ1n) is 7.39. The molecule has 112 valence electrons. The topological polar surface area (TPSA) is 83.6 Å². The van der Waals surface area contributed by atoms with E-state index in [4.69, 9.17) is 0 Å². The number of hydrogen-bond donors (Lipinski definition) is 1. The fourth-order valence-corrected chi connectivity index (χ4v) is 3.09. The maximum atomic E-state index is 12.3. The third-order valence-corrected chi connectivity index (χ3v) is 4.07. The SMILES string of the molecule is N#Cc1cc(-c2cncnc2)c2c(c1)cc1n2CCCNC1=O. The number of nitrogens with zero attached hydrogens (tertiary/aromatic N) is 4. The van der Waals surface area contributed by atoms with Gasteiger partial charge in [-0.2, -0.15) is 5.26 Å². The number of rotatable bonds is 1. The molecule has 0 unspecified atom stereocenters. The average Bonchev–Trinajstić information content (AvgIpc) is 2.87. The Balaban J connectivity index is 2.08. The van der Waals surface area contributed by atoms with Crippen LogP contribution in [0.2, 0.25) is 0 Å². The summed E-state index contributed by atoms with van der Waals surface area (Å²) in [4.78, 5) is 20.4. The Labute approximate surface area is 132 Å². The van der Waals surface area contributed by atoms with Gasteiger partial charge in [0, 0.05) is 42.0 Å². The van der Waals surface area contributed by atoms with Gasteiger partial charge in [0.2, 0.25) is 0 Å². The van der Waals surface area contributed by atoms with Crippen LogP contribution in [0.25, 0.3) is 22.0 Å². The molecule has 6 heteroatoms. The lowest BCUT2D eigenvalue weighted by atomic mass is 10.0. The van der Waals surface area contributed by atoms with Gasteiger partial charge in [0.05, 0.1) is 17.1 Å². The standard InChI is InChI=1S/C17H13N5O/c18-7-11-4-12-6-15-17(23)21-2-1-3-22(15)16(12)14(5-11)13-8-19-10-20-9-13/h4-6,8-10H,1-3H2,(H,21,23). The third-order valence-electron chi connectivity index (χ3n) is 4.07. The van der Waals surface area contributed by atoms with Crippen LogP contribution >= 0.6 is 0 Å². The third kappa shape index (κ3) is 2.14. The molecule has 1 N–H and O–H groups in total. The van der Waals surface area contributed by atoms with Crippen molar-refractivity contribution in [2.75, 3.05) is 6.54 Å². The van der Waals surface area contributed by atoms with Gasteiger partial charge in [0.25, 0.3) is 5.91 Å². The summed E-state index contributed by atoms with van der Waals surface area (Å²) in [5.74, 6) is -0.0764. The zero-order valence-corrected chi connectivity index (χ0v) is 12.3. The molecular weight excluding hydrogens is 290 g/mol. The second kappa shape index (κ2) is 5.21. The molecule has 4 rings (SSSR count). The molecule has 0 saturated heterocycles. The van der Waals surface area contributed by atoms with Crippen molar-refractivity contribution in [2.45, 2.75) is 13.0 Å². The summed E-state index contributed by atoms with van der Waals surface area (Å²) in [5, 5.41) is 13.1.